The Morgan fingerprint density at radius 2 is 1.80 bits per heavy atom. The molecule has 2 aromatic heterocycles. The van der Waals surface area contributed by atoms with Crippen molar-refractivity contribution in [2.24, 2.45) is 5.16 Å². The molecule has 0 amide bonds. The second-order valence-electron chi connectivity index (χ2n) is 4.19. The molecule has 3 nitrogen and oxygen atoms in total. The molecule has 0 saturated carbocycles. The smallest absolute Gasteiger partial charge is 0.123 e. The van der Waals surface area contributed by atoms with Crippen LogP contribution in [0.25, 0.3) is 5.00 Å². The predicted octanol–water partition coefficient (Wildman–Crippen LogP) is 3.90. The molecule has 1 aromatic carbocycles. The maximum absolute atomic E-state index is 13.0. The number of thiophene rings is 1. The van der Waals surface area contributed by atoms with Crippen molar-refractivity contribution in [1.29, 1.82) is 0 Å². The van der Waals surface area contributed by atoms with Gasteiger partial charge < -0.3 is 9.77 Å². The summed E-state index contributed by atoms with van der Waals surface area (Å²) in [4.78, 5) is 0. The van der Waals surface area contributed by atoms with Gasteiger partial charge >= 0.3 is 0 Å². The minimum Gasteiger partial charge on any atom is -0.410 e. The fourth-order valence-corrected chi connectivity index (χ4v) is 2.89. The molecule has 100 valence electrons. The highest BCUT2D eigenvalue weighted by atomic mass is 32.1. The Morgan fingerprint density at radius 1 is 1.10 bits per heavy atom. The Labute approximate surface area is 119 Å². The zero-order chi connectivity index (χ0) is 13.9. The van der Waals surface area contributed by atoms with Gasteiger partial charge in [0, 0.05) is 23.5 Å². The number of aromatic nitrogens is 1. The highest BCUT2D eigenvalue weighted by Gasteiger charge is 2.15. The van der Waals surface area contributed by atoms with Crippen LogP contribution in [0, 0.1) is 5.82 Å². The van der Waals surface area contributed by atoms with E-state index in [4.69, 9.17) is 0 Å². The van der Waals surface area contributed by atoms with E-state index in [0.717, 1.165) is 10.6 Å². The van der Waals surface area contributed by atoms with Gasteiger partial charge in [-0.15, -0.1) is 11.3 Å². The molecule has 20 heavy (non-hydrogen) atoms. The molecule has 0 spiro atoms. The third-order valence-corrected chi connectivity index (χ3v) is 3.88. The van der Waals surface area contributed by atoms with Crippen LogP contribution in [0.2, 0.25) is 0 Å². The zero-order valence-electron chi connectivity index (χ0n) is 10.4. The first kappa shape index (κ1) is 12.6. The van der Waals surface area contributed by atoms with Crippen molar-refractivity contribution in [1.82, 2.24) is 4.57 Å². The van der Waals surface area contributed by atoms with E-state index in [2.05, 4.69) is 5.16 Å². The normalized spacial score (nSPS) is 11.8. The molecule has 0 atom stereocenters. The van der Waals surface area contributed by atoms with Crippen molar-refractivity contribution in [3.05, 3.63) is 77.2 Å². The van der Waals surface area contributed by atoms with Gasteiger partial charge in [-0.05, 0) is 47.8 Å². The van der Waals surface area contributed by atoms with Gasteiger partial charge in [0.05, 0.1) is 0 Å². The highest BCUT2D eigenvalue weighted by Crippen LogP contribution is 2.25. The van der Waals surface area contributed by atoms with Crippen LogP contribution < -0.4 is 0 Å². The summed E-state index contributed by atoms with van der Waals surface area (Å²) in [5, 5.41) is 15.6. The molecule has 0 aliphatic heterocycles. The number of halogens is 1. The number of hydrogen-bond acceptors (Lipinski definition) is 3. The molecule has 2 heterocycles. The van der Waals surface area contributed by atoms with E-state index in [1.807, 2.05) is 40.5 Å². The fraction of sp³-hybridized carbons (Fsp3) is 0. The van der Waals surface area contributed by atoms with Crippen LogP contribution in [-0.4, -0.2) is 15.5 Å². The molecule has 0 saturated heterocycles. The summed E-state index contributed by atoms with van der Waals surface area (Å²) < 4.78 is 14.9. The molecule has 0 bridgehead atoms. The molecule has 5 heteroatoms. The van der Waals surface area contributed by atoms with Gasteiger partial charge in [-0.1, -0.05) is 5.16 Å². The van der Waals surface area contributed by atoms with Crippen LogP contribution in [0.4, 0.5) is 4.39 Å². The third-order valence-electron chi connectivity index (χ3n) is 2.96. The van der Waals surface area contributed by atoms with Crippen molar-refractivity contribution >= 4 is 17.0 Å². The molecule has 0 aliphatic carbocycles. The first-order chi connectivity index (χ1) is 9.79. The first-order valence-corrected chi connectivity index (χ1v) is 6.87. The highest BCUT2D eigenvalue weighted by molar-refractivity contribution is 7.13. The molecule has 3 rings (SSSR count). The average molecular weight is 286 g/mol. The van der Waals surface area contributed by atoms with Crippen molar-refractivity contribution in [2.45, 2.75) is 0 Å². The number of benzene rings is 1. The topological polar surface area (TPSA) is 37.5 Å². The van der Waals surface area contributed by atoms with Crippen LogP contribution in [0.3, 0.4) is 0 Å². The van der Waals surface area contributed by atoms with Crippen LogP contribution >= 0.6 is 11.3 Å². The van der Waals surface area contributed by atoms with Crippen LogP contribution in [0.1, 0.15) is 11.1 Å². The Hall–Kier alpha value is -2.40. The standard InChI is InChI=1S/C15H11FN2OS/c16-12-5-3-11(4-6-12)14(17-19)13-7-10-20-15(13)18-8-1-2-9-18/h1-10,19H/b17-14-. The molecular formula is C15H11FN2OS. The summed E-state index contributed by atoms with van der Waals surface area (Å²) in [6.45, 7) is 0. The number of nitrogens with zero attached hydrogens (tertiary/aromatic N) is 2. The number of rotatable bonds is 3. The van der Waals surface area contributed by atoms with E-state index in [1.54, 1.807) is 23.5 Å². The Bertz CT molecular complexity index is 730. The number of hydrogen-bond donors (Lipinski definition) is 1. The zero-order valence-corrected chi connectivity index (χ0v) is 11.2. The molecule has 0 radical (unpaired) electrons. The molecule has 1 N–H and O–H groups in total. The largest absolute Gasteiger partial charge is 0.410 e. The third kappa shape index (κ3) is 2.23. The average Bonchev–Trinajstić information content (AvgIpc) is 3.12. The minimum absolute atomic E-state index is 0.318. The molecule has 0 fully saturated rings. The second-order valence-corrected chi connectivity index (χ2v) is 5.08. The lowest BCUT2D eigenvalue weighted by molar-refractivity contribution is 0.319. The summed E-state index contributed by atoms with van der Waals surface area (Å²) in [6, 6.07) is 11.6. The number of oxime groups is 1. The van der Waals surface area contributed by atoms with E-state index in [1.165, 1.54) is 12.1 Å². The SMILES string of the molecule is O/N=C(/c1ccc(F)cc1)c1ccsc1-n1cccc1. The van der Waals surface area contributed by atoms with Crippen molar-refractivity contribution < 1.29 is 9.60 Å². The van der Waals surface area contributed by atoms with Crippen molar-refractivity contribution in [2.75, 3.05) is 0 Å². The lowest BCUT2D eigenvalue weighted by atomic mass is 10.0. The summed E-state index contributed by atoms with van der Waals surface area (Å²) in [5.41, 5.74) is 1.90. The van der Waals surface area contributed by atoms with Crippen LogP contribution in [0.15, 0.2) is 65.4 Å². The van der Waals surface area contributed by atoms with Gasteiger partial charge in [-0.3, -0.25) is 0 Å². The Morgan fingerprint density at radius 3 is 2.45 bits per heavy atom. The van der Waals surface area contributed by atoms with Gasteiger partial charge in [-0.25, -0.2) is 4.39 Å². The van der Waals surface area contributed by atoms with Gasteiger partial charge in [0.2, 0.25) is 0 Å². The predicted molar refractivity (Wildman–Crippen MR) is 77.5 cm³/mol. The fourth-order valence-electron chi connectivity index (χ4n) is 2.03. The van der Waals surface area contributed by atoms with Gasteiger partial charge in [0.15, 0.2) is 0 Å². The van der Waals surface area contributed by atoms with Crippen molar-refractivity contribution in [3.63, 3.8) is 0 Å². The van der Waals surface area contributed by atoms with Gasteiger partial charge in [-0.2, -0.15) is 0 Å². The lowest BCUT2D eigenvalue weighted by Gasteiger charge is -2.07. The lowest BCUT2D eigenvalue weighted by Crippen LogP contribution is -2.05. The van der Waals surface area contributed by atoms with E-state index >= 15 is 0 Å². The van der Waals surface area contributed by atoms with E-state index < -0.39 is 0 Å². The maximum Gasteiger partial charge on any atom is 0.123 e. The summed E-state index contributed by atoms with van der Waals surface area (Å²) in [6.07, 6.45) is 3.85. The Balaban J connectivity index is 2.08. The van der Waals surface area contributed by atoms with Gasteiger partial charge in [0.25, 0.3) is 0 Å². The molecule has 0 aliphatic rings. The second kappa shape index (κ2) is 5.30. The first-order valence-electron chi connectivity index (χ1n) is 5.99. The molecule has 3 aromatic rings. The van der Waals surface area contributed by atoms with E-state index in [-0.39, 0.29) is 5.82 Å². The van der Waals surface area contributed by atoms with Crippen LogP contribution in [0.5, 0.6) is 0 Å². The minimum atomic E-state index is -0.318. The van der Waals surface area contributed by atoms with Gasteiger partial charge in [0.1, 0.15) is 16.5 Å². The maximum atomic E-state index is 13.0. The van der Waals surface area contributed by atoms with E-state index in [0.29, 0.717) is 11.3 Å². The molecular weight excluding hydrogens is 275 g/mol. The van der Waals surface area contributed by atoms with Crippen molar-refractivity contribution in [3.8, 4) is 5.00 Å². The van der Waals surface area contributed by atoms with Crippen LogP contribution in [-0.2, 0) is 0 Å². The molecule has 0 unspecified atom stereocenters. The monoisotopic (exact) mass is 286 g/mol. The van der Waals surface area contributed by atoms with E-state index in [9.17, 15) is 9.60 Å². The summed E-state index contributed by atoms with van der Waals surface area (Å²) in [7, 11) is 0. The summed E-state index contributed by atoms with van der Waals surface area (Å²) >= 11 is 1.55. The Kier molecular flexibility index (Phi) is 3.35. The quantitative estimate of drug-likeness (QED) is 0.442. The summed E-state index contributed by atoms with van der Waals surface area (Å²) in [5.74, 6) is -0.318.